The topological polar surface area (TPSA) is 95.5 Å². The van der Waals surface area contributed by atoms with Gasteiger partial charge in [0, 0.05) is 11.6 Å². The first-order valence-electron chi connectivity index (χ1n) is 14.3. The van der Waals surface area contributed by atoms with Gasteiger partial charge in [-0.2, -0.15) is 11.8 Å². The molecule has 1 saturated carbocycles. The number of aryl methyl sites for hydroxylation is 1. The Kier molecular flexibility index (Phi) is 14.4. The molecule has 6 nitrogen and oxygen atoms in total. The zero-order valence-electron chi connectivity index (χ0n) is 25.8. The molecule has 1 aliphatic carbocycles. The van der Waals surface area contributed by atoms with Gasteiger partial charge in [-0.15, -0.1) is 0 Å². The first kappa shape index (κ1) is 34.0. The molecule has 1 aliphatic rings. The van der Waals surface area contributed by atoms with Crippen LogP contribution >= 0.6 is 11.8 Å². The second-order valence-electron chi connectivity index (χ2n) is 10.8. The van der Waals surface area contributed by atoms with Gasteiger partial charge in [0.15, 0.2) is 0 Å². The van der Waals surface area contributed by atoms with Crippen LogP contribution in [-0.4, -0.2) is 47.0 Å². The van der Waals surface area contributed by atoms with Crippen LogP contribution in [0.4, 0.5) is 0 Å². The van der Waals surface area contributed by atoms with E-state index in [1.54, 1.807) is 17.8 Å². The molecule has 0 aromatic heterocycles. The average Bonchev–Trinajstić information content (AvgIpc) is 2.94. The Morgan fingerprint density at radius 3 is 2.35 bits per heavy atom. The van der Waals surface area contributed by atoms with Gasteiger partial charge >= 0.3 is 24.8 Å². The van der Waals surface area contributed by atoms with E-state index >= 15 is 0 Å². The summed E-state index contributed by atoms with van der Waals surface area (Å²) in [5.41, 5.74) is 3.83. The van der Waals surface area contributed by atoms with Crippen LogP contribution in [0.3, 0.4) is 0 Å². The van der Waals surface area contributed by atoms with Crippen molar-refractivity contribution in [3.05, 3.63) is 59.2 Å². The number of nitrogens with one attached hydrogen (secondary N) is 2. The summed E-state index contributed by atoms with van der Waals surface area (Å²) < 4.78 is 0. The molecule has 0 bridgehead atoms. The molecule has 3 atom stereocenters. The molecule has 0 heterocycles. The van der Waals surface area contributed by atoms with E-state index in [0.29, 0.717) is 29.2 Å². The Bertz CT molecular complexity index is 1140. The second-order valence-corrected chi connectivity index (χ2v) is 11.8. The number of carbonyl (C=O) groups is 3. The number of carboxylic acids is 1. The Hall–Kier alpha value is -2.20. The maximum atomic E-state index is 13.5. The fraction of sp³-hybridized carbons (Fsp3) is 0.531. The first-order valence-corrected chi connectivity index (χ1v) is 15.7. The van der Waals surface area contributed by atoms with E-state index in [0.717, 1.165) is 29.5 Å². The van der Waals surface area contributed by atoms with Crippen molar-refractivity contribution < 1.29 is 39.8 Å². The molecule has 214 valence electrons. The number of thioether (sulfide) groups is 1. The van der Waals surface area contributed by atoms with Crippen LogP contribution in [0.2, 0.25) is 0 Å². The SMILES string of the molecule is CCCC(NC(=O)C(C)c1ccc(C(=O)NC(CCSC)C(=O)O)c(-c2ccccc2C)c1)C1CCCCC1.[H-].[Li+]. The Morgan fingerprint density at radius 1 is 1.02 bits per heavy atom. The molecule has 1 fully saturated rings. The maximum absolute atomic E-state index is 13.5. The van der Waals surface area contributed by atoms with Gasteiger partial charge in [-0.3, -0.25) is 9.59 Å². The van der Waals surface area contributed by atoms with Gasteiger partial charge in [-0.25, -0.2) is 4.79 Å². The van der Waals surface area contributed by atoms with Gasteiger partial charge in [-0.05, 0) is 91.8 Å². The number of hydrogen-bond acceptors (Lipinski definition) is 4. The molecule has 0 spiro atoms. The van der Waals surface area contributed by atoms with Crippen LogP contribution in [0, 0.1) is 12.8 Å². The summed E-state index contributed by atoms with van der Waals surface area (Å²) in [4.78, 5) is 38.6. The smallest absolute Gasteiger partial charge is 1.00 e. The van der Waals surface area contributed by atoms with Crippen molar-refractivity contribution in [2.75, 3.05) is 12.0 Å². The zero-order chi connectivity index (χ0) is 28.4. The van der Waals surface area contributed by atoms with Crippen molar-refractivity contribution in [1.29, 1.82) is 0 Å². The minimum absolute atomic E-state index is 0. The molecule has 40 heavy (non-hydrogen) atoms. The number of carboxylic acid groups (broad SMARTS) is 1. The zero-order valence-corrected chi connectivity index (χ0v) is 25.6. The predicted molar refractivity (Wildman–Crippen MR) is 161 cm³/mol. The third kappa shape index (κ3) is 9.16. The van der Waals surface area contributed by atoms with Gasteiger partial charge in [0.25, 0.3) is 5.91 Å². The number of benzene rings is 2. The van der Waals surface area contributed by atoms with E-state index in [1.165, 1.54) is 32.1 Å². The molecular weight excluding hydrogens is 515 g/mol. The van der Waals surface area contributed by atoms with Crippen LogP contribution in [0.5, 0.6) is 0 Å². The summed E-state index contributed by atoms with van der Waals surface area (Å²) in [7, 11) is 0. The van der Waals surface area contributed by atoms with Gasteiger partial charge in [0.1, 0.15) is 6.04 Å². The monoisotopic (exact) mass is 560 g/mol. The molecular formula is C32H45LiN2O4S. The van der Waals surface area contributed by atoms with Crippen LogP contribution in [-0.2, 0) is 9.59 Å². The molecule has 0 aliphatic heterocycles. The van der Waals surface area contributed by atoms with Crippen LogP contribution in [0.15, 0.2) is 42.5 Å². The third-order valence-electron chi connectivity index (χ3n) is 7.98. The van der Waals surface area contributed by atoms with Crippen LogP contribution in [0.25, 0.3) is 11.1 Å². The molecule has 0 saturated heterocycles. The van der Waals surface area contributed by atoms with E-state index < -0.39 is 17.9 Å². The predicted octanol–water partition coefficient (Wildman–Crippen LogP) is 3.68. The van der Waals surface area contributed by atoms with E-state index in [4.69, 9.17) is 0 Å². The van der Waals surface area contributed by atoms with E-state index in [9.17, 15) is 19.5 Å². The van der Waals surface area contributed by atoms with Gasteiger partial charge in [0.2, 0.25) is 5.91 Å². The van der Waals surface area contributed by atoms with Crippen molar-refractivity contribution >= 4 is 29.5 Å². The van der Waals surface area contributed by atoms with Crippen molar-refractivity contribution in [1.82, 2.24) is 10.6 Å². The quantitative estimate of drug-likeness (QED) is 0.325. The van der Waals surface area contributed by atoms with Crippen LogP contribution in [0.1, 0.15) is 94.0 Å². The summed E-state index contributed by atoms with van der Waals surface area (Å²) in [6.07, 6.45) is 10.4. The molecule has 3 unspecified atom stereocenters. The van der Waals surface area contributed by atoms with Gasteiger partial charge in [0.05, 0.1) is 5.92 Å². The normalized spacial score (nSPS) is 15.8. The Labute approximate surface area is 257 Å². The van der Waals surface area contributed by atoms with E-state index in [1.807, 2.05) is 56.5 Å². The fourth-order valence-electron chi connectivity index (χ4n) is 5.59. The number of aliphatic carboxylic acids is 1. The summed E-state index contributed by atoms with van der Waals surface area (Å²) in [6, 6.07) is 12.5. The molecule has 2 amide bonds. The molecule has 3 rings (SSSR count). The van der Waals surface area contributed by atoms with Crippen LogP contribution < -0.4 is 29.5 Å². The average molecular weight is 561 g/mol. The molecule has 0 radical (unpaired) electrons. The maximum Gasteiger partial charge on any atom is 1.00 e. The number of rotatable bonds is 13. The molecule has 2 aromatic rings. The summed E-state index contributed by atoms with van der Waals surface area (Å²) in [6.45, 7) is 6.07. The number of hydrogen-bond donors (Lipinski definition) is 3. The number of carbonyl (C=O) groups excluding carboxylic acids is 2. The fourth-order valence-corrected chi connectivity index (χ4v) is 6.06. The van der Waals surface area contributed by atoms with Crippen molar-refractivity contribution in [2.24, 2.45) is 5.92 Å². The van der Waals surface area contributed by atoms with E-state index in [2.05, 4.69) is 17.6 Å². The molecule has 2 aromatic carbocycles. The largest absolute Gasteiger partial charge is 1.00 e. The standard InChI is InChI=1S/C32H44N2O4S.Li.H/c1-5-11-28(23-13-7-6-8-14-23)33-30(35)22(3)24-16-17-26(27(20-24)25-15-10-9-12-21(25)2)31(36)34-29(32(37)38)18-19-39-4;;/h9-10,12,15-17,20,22-23,28-29H,5-8,11,13-14,18-19H2,1-4H3,(H,33,35)(H,34,36)(H,37,38);;/q;+1;-1. The molecule has 3 N–H and O–H groups in total. The second kappa shape index (κ2) is 16.9. The van der Waals surface area contributed by atoms with Crippen molar-refractivity contribution in [3.63, 3.8) is 0 Å². The Balaban J connectivity index is 0.00000420. The summed E-state index contributed by atoms with van der Waals surface area (Å²) >= 11 is 1.54. The van der Waals surface area contributed by atoms with Gasteiger partial charge in [-0.1, -0.05) is 62.9 Å². The van der Waals surface area contributed by atoms with Crippen molar-refractivity contribution in [3.8, 4) is 11.1 Å². The molecule has 8 heteroatoms. The van der Waals surface area contributed by atoms with E-state index in [-0.39, 0.29) is 38.2 Å². The minimum Gasteiger partial charge on any atom is -1.00 e. The van der Waals surface area contributed by atoms with Crippen molar-refractivity contribution in [2.45, 2.75) is 90.1 Å². The first-order chi connectivity index (χ1) is 18.8. The Morgan fingerprint density at radius 2 is 1.73 bits per heavy atom. The van der Waals surface area contributed by atoms with Gasteiger partial charge < -0.3 is 17.2 Å². The third-order valence-corrected chi connectivity index (χ3v) is 8.62. The number of amides is 2. The summed E-state index contributed by atoms with van der Waals surface area (Å²) in [5.74, 6) is -0.678. The summed E-state index contributed by atoms with van der Waals surface area (Å²) in [5, 5.41) is 15.7. The minimum atomic E-state index is -1.05.